The van der Waals surface area contributed by atoms with Gasteiger partial charge in [-0.1, -0.05) is 18.2 Å². The molecule has 1 fully saturated rings. The Balaban J connectivity index is 0.00000385. The van der Waals surface area contributed by atoms with E-state index in [-0.39, 0.29) is 42.0 Å². The van der Waals surface area contributed by atoms with Crippen LogP contribution in [0.1, 0.15) is 36.9 Å². The van der Waals surface area contributed by atoms with Gasteiger partial charge >= 0.3 is 0 Å². The Morgan fingerprint density at radius 2 is 1.79 bits per heavy atom. The number of guanidine groups is 1. The molecule has 180 valence electrons. The van der Waals surface area contributed by atoms with Gasteiger partial charge in [0.2, 0.25) is 5.91 Å². The van der Waals surface area contributed by atoms with Crippen molar-refractivity contribution in [2.75, 3.05) is 38.6 Å². The smallest absolute Gasteiger partial charge is 0.227 e. The molecule has 2 N–H and O–H groups in total. The van der Waals surface area contributed by atoms with Gasteiger partial charge in [-0.3, -0.25) is 4.79 Å². The molecule has 9 heteroatoms. The molecule has 6 nitrogen and oxygen atoms in total. The molecule has 33 heavy (non-hydrogen) atoms. The summed E-state index contributed by atoms with van der Waals surface area (Å²) < 4.78 is 28.6. The second-order valence-corrected chi connectivity index (χ2v) is 8.01. The first-order valence-corrected chi connectivity index (χ1v) is 10.9. The van der Waals surface area contributed by atoms with Crippen molar-refractivity contribution in [3.05, 3.63) is 65.2 Å². The molecular weight excluding hydrogens is 539 g/mol. The number of nitrogens with zero attached hydrogens (tertiary/aromatic N) is 3. The third-order valence-electron chi connectivity index (χ3n) is 5.50. The van der Waals surface area contributed by atoms with Crippen LogP contribution in [0.4, 0.5) is 14.5 Å². The van der Waals surface area contributed by atoms with Crippen LogP contribution in [0.15, 0.2) is 47.5 Å². The molecule has 1 atom stereocenters. The summed E-state index contributed by atoms with van der Waals surface area (Å²) in [6.07, 6.45) is 1.50. The van der Waals surface area contributed by atoms with E-state index in [1.54, 1.807) is 19.0 Å². The fraction of sp³-hybridized carbons (Fsp3) is 0.417. The van der Waals surface area contributed by atoms with Crippen LogP contribution >= 0.6 is 24.0 Å². The number of aliphatic imine (C=N–C) groups is 1. The maximum absolute atomic E-state index is 14.3. The van der Waals surface area contributed by atoms with Gasteiger partial charge in [0, 0.05) is 37.3 Å². The van der Waals surface area contributed by atoms with Gasteiger partial charge < -0.3 is 20.4 Å². The number of hydrogen-bond donors (Lipinski definition) is 2. The summed E-state index contributed by atoms with van der Waals surface area (Å²) in [7, 11) is 3.57. The third-order valence-corrected chi connectivity index (χ3v) is 5.50. The number of carbonyl (C=O) groups excluding carboxylic acids is 1. The lowest BCUT2D eigenvalue weighted by atomic mass is 10.0. The summed E-state index contributed by atoms with van der Waals surface area (Å²) >= 11 is 0. The SMILES string of the molecule is CCNC(=NCc1ccc(N2CCCC2=O)cc1)NCC(c1c(F)cccc1F)N(C)C.I. The predicted molar refractivity (Wildman–Crippen MR) is 139 cm³/mol. The van der Waals surface area contributed by atoms with Crippen LogP contribution in [0.5, 0.6) is 0 Å². The van der Waals surface area contributed by atoms with Gasteiger partial charge in [-0.25, -0.2) is 13.8 Å². The lowest BCUT2D eigenvalue weighted by Gasteiger charge is -2.26. The zero-order valence-corrected chi connectivity index (χ0v) is 21.6. The number of likely N-dealkylation sites (N-methyl/N-ethyl adjacent to an activating group) is 1. The highest BCUT2D eigenvalue weighted by Crippen LogP contribution is 2.24. The first-order chi connectivity index (χ1) is 15.4. The molecule has 0 spiro atoms. The lowest BCUT2D eigenvalue weighted by molar-refractivity contribution is -0.117. The number of nitrogens with one attached hydrogen (secondary N) is 2. The van der Waals surface area contributed by atoms with E-state index >= 15 is 0 Å². The fourth-order valence-corrected chi connectivity index (χ4v) is 3.78. The van der Waals surface area contributed by atoms with Crippen LogP contribution in [0.3, 0.4) is 0 Å². The Morgan fingerprint density at radius 3 is 2.33 bits per heavy atom. The molecule has 0 radical (unpaired) electrons. The van der Waals surface area contributed by atoms with E-state index in [0.717, 1.165) is 24.2 Å². The molecule has 3 rings (SSSR count). The highest BCUT2D eigenvalue weighted by Gasteiger charge is 2.23. The third kappa shape index (κ3) is 7.10. The van der Waals surface area contributed by atoms with Crippen molar-refractivity contribution in [3.63, 3.8) is 0 Å². The van der Waals surface area contributed by atoms with Gasteiger partial charge in [0.15, 0.2) is 5.96 Å². The standard InChI is InChI=1S/C24H31F2N5O.HI/c1-4-27-24(29-16-21(30(2)3)23-19(25)7-5-8-20(23)26)28-15-17-10-12-18(13-11-17)31-14-6-9-22(31)32;/h5,7-8,10-13,21H,4,6,9,14-16H2,1-3H3,(H2,27,28,29);1H. The van der Waals surface area contributed by atoms with E-state index in [4.69, 9.17) is 0 Å². The van der Waals surface area contributed by atoms with Crippen LogP contribution in [0.2, 0.25) is 0 Å². The van der Waals surface area contributed by atoms with E-state index in [9.17, 15) is 13.6 Å². The van der Waals surface area contributed by atoms with Crippen LogP contribution < -0.4 is 15.5 Å². The highest BCUT2D eigenvalue weighted by atomic mass is 127. The van der Waals surface area contributed by atoms with Gasteiger partial charge in [-0.05, 0) is 57.3 Å². The van der Waals surface area contributed by atoms with Gasteiger partial charge in [0.05, 0.1) is 12.6 Å². The minimum absolute atomic E-state index is 0. The molecule has 1 heterocycles. The molecule has 0 aliphatic carbocycles. The molecule has 0 bridgehead atoms. The molecule has 2 aromatic carbocycles. The van der Waals surface area contributed by atoms with Gasteiger partial charge in [0.1, 0.15) is 11.6 Å². The summed E-state index contributed by atoms with van der Waals surface area (Å²) in [4.78, 5) is 20.1. The Hall–Kier alpha value is -2.27. The van der Waals surface area contributed by atoms with Crippen LogP contribution in [-0.4, -0.2) is 50.5 Å². The van der Waals surface area contributed by atoms with E-state index in [1.807, 2.05) is 36.1 Å². The maximum Gasteiger partial charge on any atom is 0.227 e. The summed E-state index contributed by atoms with van der Waals surface area (Å²) in [5.41, 5.74) is 1.95. The zero-order chi connectivity index (χ0) is 23.1. The normalized spacial score (nSPS) is 14.9. The largest absolute Gasteiger partial charge is 0.357 e. The highest BCUT2D eigenvalue weighted by molar-refractivity contribution is 14.0. The fourth-order valence-electron chi connectivity index (χ4n) is 3.78. The average molecular weight is 571 g/mol. The average Bonchev–Trinajstić information content (AvgIpc) is 3.19. The molecule has 0 aromatic heterocycles. The van der Waals surface area contributed by atoms with E-state index in [2.05, 4.69) is 15.6 Å². The first kappa shape index (κ1) is 27.0. The minimum atomic E-state index is -0.566. The second kappa shape index (κ2) is 12.8. The summed E-state index contributed by atoms with van der Waals surface area (Å²) in [5, 5.41) is 6.37. The molecular formula is C24H32F2IN5O. The maximum atomic E-state index is 14.3. The molecule has 1 aliphatic rings. The van der Waals surface area contributed by atoms with Crippen LogP contribution in [0.25, 0.3) is 0 Å². The Labute approximate surface area is 211 Å². The van der Waals surface area contributed by atoms with Crippen molar-refractivity contribution in [2.45, 2.75) is 32.4 Å². The Bertz CT molecular complexity index is 932. The monoisotopic (exact) mass is 571 g/mol. The van der Waals surface area contributed by atoms with Crippen molar-refractivity contribution < 1.29 is 13.6 Å². The molecule has 1 saturated heterocycles. The zero-order valence-electron chi connectivity index (χ0n) is 19.3. The molecule has 1 amide bonds. The topological polar surface area (TPSA) is 60.0 Å². The minimum Gasteiger partial charge on any atom is -0.357 e. The van der Waals surface area contributed by atoms with Crippen LogP contribution in [0, 0.1) is 11.6 Å². The number of halogens is 3. The van der Waals surface area contributed by atoms with Crippen molar-refractivity contribution >= 4 is 41.5 Å². The summed E-state index contributed by atoms with van der Waals surface area (Å²) in [5.74, 6) is -0.404. The van der Waals surface area contributed by atoms with Crippen molar-refractivity contribution in [3.8, 4) is 0 Å². The number of rotatable bonds is 8. The lowest BCUT2D eigenvalue weighted by Crippen LogP contribution is -2.42. The number of amides is 1. The number of carbonyl (C=O) groups is 1. The molecule has 2 aromatic rings. The Kier molecular flexibility index (Phi) is 10.5. The molecule has 0 saturated carbocycles. The van der Waals surface area contributed by atoms with Crippen LogP contribution in [-0.2, 0) is 11.3 Å². The number of anilines is 1. The van der Waals surface area contributed by atoms with Gasteiger partial charge in [-0.15, -0.1) is 24.0 Å². The number of benzene rings is 2. The van der Waals surface area contributed by atoms with Gasteiger partial charge in [0.25, 0.3) is 0 Å². The molecule has 1 aliphatic heterocycles. The van der Waals surface area contributed by atoms with Crippen molar-refractivity contribution in [1.82, 2.24) is 15.5 Å². The summed E-state index contributed by atoms with van der Waals surface area (Å²) in [6.45, 7) is 4.10. The second-order valence-electron chi connectivity index (χ2n) is 8.01. The van der Waals surface area contributed by atoms with Crippen molar-refractivity contribution in [2.24, 2.45) is 4.99 Å². The molecule has 1 unspecified atom stereocenters. The van der Waals surface area contributed by atoms with E-state index in [0.29, 0.717) is 25.5 Å². The quantitative estimate of drug-likeness (QED) is 0.285. The Morgan fingerprint density at radius 1 is 1.12 bits per heavy atom. The predicted octanol–water partition coefficient (Wildman–Crippen LogP) is 4.07. The summed E-state index contributed by atoms with van der Waals surface area (Å²) in [6, 6.07) is 11.2. The van der Waals surface area contributed by atoms with Gasteiger partial charge in [-0.2, -0.15) is 0 Å². The first-order valence-electron chi connectivity index (χ1n) is 10.9. The van der Waals surface area contributed by atoms with Crippen molar-refractivity contribution in [1.29, 1.82) is 0 Å². The number of hydrogen-bond acceptors (Lipinski definition) is 3. The van der Waals surface area contributed by atoms with E-state index in [1.165, 1.54) is 18.2 Å². The van der Waals surface area contributed by atoms with E-state index < -0.39 is 17.7 Å².